The van der Waals surface area contributed by atoms with Crippen LogP contribution < -0.4 is 0 Å². The molecule has 0 aromatic rings. The molecule has 3 aliphatic heterocycles. The van der Waals surface area contributed by atoms with Gasteiger partial charge in [-0.25, -0.2) is 9.08 Å². The second kappa shape index (κ2) is 10.9. The number of piperidine rings is 2. The summed E-state index contributed by atoms with van der Waals surface area (Å²) in [5, 5.41) is 0. The van der Waals surface area contributed by atoms with Crippen molar-refractivity contribution in [3.63, 3.8) is 0 Å². The number of fused-ring (bicyclic) bond motifs is 2. The molecule has 0 radical (unpaired) electrons. The van der Waals surface area contributed by atoms with Gasteiger partial charge in [0.2, 0.25) is 0 Å². The summed E-state index contributed by atoms with van der Waals surface area (Å²) in [6.45, 7) is 4.60. The Labute approximate surface area is 190 Å². The Bertz CT molecular complexity index is 754. The van der Waals surface area contributed by atoms with Gasteiger partial charge in [-0.2, -0.15) is 8.42 Å². The van der Waals surface area contributed by atoms with E-state index in [9.17, 15) is 18.0 Å². The van der Waals surface area contributed by atoms with Crippen molar-refractivity contribution in [1.82, 2.24) is 4.90 Å². The summed E-state index contributed by atoms with van der Waals surface area (Å²) in [5.74, 6) is -0.952. The van der Waals surface area contributed by atoms with Crippen LogP contribution in [-0.2, 0) is 42.8 Å². The van der Waals surface area contributed by atoms with Crippen LogP contribution in [0.25, 0.3) is 0 Å². The number of hydrogen-bond acceptors (Lipinski definition) is 10. The van der Waals surface area contributed by atoms with Gasteiger partial charge in [0.25, 0.3) is 10.1 Å². The fourth-order valence-corrected chi connectivity index (χ4v) is 6.04. The molecular formula is C21H35NO9S. The highest BCUT2D eigenvalue weighted by atomic mass is 32.2. The molecule has 3 rings (SSSR count). The number of ether oxygens (including phenoxy) is 4. The van der Waals surface area contributed by atoms with Gasteiger partial charge in [-0.3, -0.25) is 9.59 Å². The normalized spacial score (nSPS) is 34.6. The number of carbonyl (C=O) groups excluding carboxylic acids is 2. The van der Waals surface area contributed by atoms with E-state index in [-0.39, 0.29) is 44.5 Å². The number of esters is 1. The molecule has 0 N–H and O–H groups in total. The molecule has 10 nitrogen and oxygen atoms in total. The van der Waals surface area contributed by atoms with Gasteiger partial charge in [0, 0.05) is 32.1 Å². The van der Waals surface area contributed by atoms with Gasteiger partial charge in [0.1, 0.15) is 5.72 Å². The second-order valence-corrected chi connectivity index (χ2v) is 10.2. The summed E-state index contributed by atoms with van der Waals surface area (Å²) in [6.07, 6.45) is 3.75. The Balaban J connectivity index is 1.95. The average molecular weight is 478 g/mol. The summed E-state index contributed by atoms with van der Waals surface area (Å²) in [6, 6.07) is -0.371. The molecule has 184 valence electrons. The van der Waals surface area contributed by atoms with E-state index < -0.39 is 34.0 Å². The maximum absolute atomic E-state index is 12.6. The van der Waals surface area contributed by atoms with Crippen molar-refractivity contribution in [3.05, 3.63) is 0 Å². The SMILES string of the molecule is CCOC(=O)C1CC2CC(OC3CCCCO3)CC(OS(C)(=O)=O)(C1)N2C(C=O)OCC. The standard InChI is InChI=1S/C21H35NO9S/c1-4-27-18(14-23)22-16-10-15(20(24)28-5-2)12-21(22,31-32(3,25)26)13-17(11-16)30-19-8-6-7-9-29-19/h14-19H,4-13H2,1-3H3. The number of aldehydes is 1. The third-order valence-electron chi connectivity index (χ3n) is 6.20. The predicted molar refractivity (Wildman–Crippen MR) is 113 cm³/mol. The van der Waals surface area contributed by atoms with Crippen LogP contribution in [0.3, 0.4) is 0 Å². The molecule has 32 heavy (non-hydrogen) atoms. The first-order chi connectivity index (χ1) is 15.2. The van der Waals surface area contributed by atoms with Crippen molar-refractivity contribution < 1.29 is 41.1 Å². The lowest BCUT2D eigenvalue weighted by atomic mass is 9.74. The monoisotopic (exact) mass is 477 g/mol. The minimum absolute atomic E-state index is 0.0538. The van der Waals surface area contributed by atoms with Crippen LogP contribution in [0.4, 0.5) is 0 Å². The molecule has 3 aliphatic rings. The number of nitrogens with zero attached hydrogens (tertiary/aromatic N) is 1. The van der Waals surface area contributed by atoms with Gasteiger partial charge in [-0.15, -0.1) is 0 Å². The summed E-state index contributed by atoms with van der Waals surface area (Å²) in [4.78, 5) is 26.2. The summed E-state index contributed by atoms with van der Waals surface area (Å²) >= 11 is 0. The zero-order valence-corrected chi connectivity index (χ0v) is 19.9. The largest absolute Gasteiger partial charge is 0.466 e. The Morgan fingerprint density at radius 2 is 2.00 bits per heavy atom. The molecule has 6 atom stereocenters. The van der Waals surface area contributed by atoms with E-state index in [1.165, 1.54) is 0 Å². The van der Waals surface area contributed by atoms with Crippen molar-refractivity contribution in [1.29, 1.82) is 0 Å². The second-order valence-electron chi connectivity index (χ2n) is 8.66. The van der Waals surface area contributed by atoms with E-state index in [2.05, 4.69) is 0 Å². The molecule has 3 fully saturated rings. The molecule has 3 heterocycles. The van der Waals surface area contributed by atoms with Crippen molar-refractivity contribution in [3.8, 4) is 0 Å². The number of rotatable bonds is 10. The first-order valence-electron chi connectivity index (χ1n) is 11.4. The van der Waals surface area contributed by atoms with Crippen LogP contribution in [-0.4, -0.2) is 82.0 Å². The molecule has 2 bridgehead atoms. The van der Waals surface area contributed by atoms with E-state index in [0.29, 0.717) is 25.7 Å². The molecule has 0 amide bonds. The molecular weight excluding hydrogens is 442 g/mol. The summed E-state index contributed by atoms with van der Waals surface area (Å²) < 4.78 is 53.2. The van der Waals surface area contributed by atoms with Gasteiger partial charge in [-0.05, 0) is 46.0 Å². The van der Waals surface area contributed by atoms with Crippen LogP contribution in [0.5, 0.6) is 0 Å². The van der Waals surface area contributed by atoms with Crippen LogP contribution in [0.15, 0.2) is 0 Å². The van der Waals surface area contributed by atoms with Crippen molar-refractivity contribution in [2.75, 3.05) is 26.1 Å². The Morgan fingerprint density at radius 1 is 1.22 bits per heavy atom. The highest BCUT2D eigenvalue weighted by Gasteiger charge is 2.59. The Hall–Kier alpha value is -1.11. The first-order valence-corrected chi connectivity index (χ1v) is 13.2. The summed E-state index contributed by atoms with van der Waals surface area (Å²) in [5.41, 5.74) is -1.47. The molecule has 0 spiro atoms. The highest BCUT2D eigenvalue weighted by molar-refractivity contribution is 7.86. The van der Waals surface area contributed by atoms with Crippen LogP contribution >= 0.6 is 0 Å². The van der Waals surface area contributed by atoms with Crippen LogP contribution in [0.1, 0.15) is 58.8 Å². The molecule has 11 heteroatoms. The van der Waals surface area contributed by atoms with E-state index in [1.54, 1.807) is 18.7 Å². The molecule has 0 saturated carbocycles. The topological polar surface area (TPSA) is 118 Å². The maximum atomic E-state index is 12.6. The van der Waals surface area contributed by atoms with Gasteiger partial charge in [0.05, 0.1) is 24.9 Å². The minimum atomic E-state index is -3.94. The zero-order chi connectivity index (χ0) is 23.4. The molecule has 0 aromatic carbocycles. The fourth-order valence-electron chi connectivity index (χ4n) is 5.25. The lowest BCUT2D eigenvalue weighted by Gasteiger charge is -2.58. The quantitative estimate of drug-likeness (QED) is 0.261. The van der Waals surface area contributed by atoms with Crippen molar-refractivity contribution >= 4 is 22.4 Å². The van der Waals surface area contributed by atoms with E-state index in [4.69, 9.17) is 23.1 Å². The van der Waals surface area contributed by atoms with Gasteiger partial charge < -0.3 is 18.9 Å². The van der Waals surface area contributed by atoms with Crippen LogP contribution in [0, 0.1) is 5.92 Å². The zero-order valence-electron chi connectivity index (χ0n) is 19.1. The third kappa shape index (κ3) is 6.06. The van der Waals surface area contributed by atoms with Crippen LogP contribution in [0.2, 0.25) is 0 Å². The summed E-state index contributed by atoms with van der Waals surface area (Å²) in [7, 11) is -3.94. The minimum Gasteiger partial charge on any atom is -0.466 e. The van der Waals surface area contributed by atoms with E-state index in [1.807, 2.05) is 0 Å². The number of hydrogen-bond donors (Lipinski definition) is 0. The fraction of sp³-hybridized carbons (Fsp3) is 0.905. The molecule has 6 unspecified atom stereocenters. The Kier molecular flexibility index (Phi) is 8.67. The van der Waals surface area contributed by atoms with Gasteiger partial charge >= 0.3 is 5.97 Å². The van der Waals surface area contributed by atoms with Gasteiger partial charge in [-0.1, -0.05) is 0 Å². The smallest absolute Gasteiger partial charge is 0.309 e. The molecule has 0 aromatic heterocycles. The van der Waals surface area contributed by atoms with E-state index >= 15 is 0 Å². The van der Waals surface area contributed by atoms with Gasteiger partial charge in [0.15, 0.2) is 18.8 Å². The molecule has 0 aliphatic carbocycles. The lowest BCUT2D eigenvalue weighted by Crippen LogP contribution is -2.70. The van der Waals surface area contributed by atoms with E-state index in [0.717, 1.165) is 25.5 Å². The lowest BCUT2D eigenvalue weighted by molar-refractivity contribution is -0.274. The third-order valence-corrected chi connectivity index (χ3v) is 6.82. The van der Waals surface area contributed by atoms with Crippen molar-refractivity contribution in [2.24, 2.45) is 5.92 Å². The number of carbonyl (C=O) groups is 2. The average Bonchev–Trinajstić information content (AvgIpc) is 2.71. The first kappa shape index (κ1) is 25.5. The molecule has 3 saturated heterocycles. The Morgan fingerprint density at radius 3 is 2.59 bits per heavy atom. The highest BCUT2D eigenvalue weighted by Crippen LogP contribution is 2.48. The maximum Gasteiger partial charge on any atom is 0.309 e. The predicted octanol–water partition coefficient (Wildman–Crippen LogP) is 1.57. The van der Waals surface area contributed by atoms with Crippen molar-refractivity contribution in [2.45, 2.75) is 89.2 Å².